The normalized spacial score (nSPS) is 12.7. The standard InChI is InChI=1S/C13H17F3N2O2S/c1-12(2,3)20-11(19)17-7-5-4-6-10-18-9(8-21-10)13(14,15)16/h4,6,8H,5,7H2,1-3H3,(H,17,19). The summed E-state index contributed by atoms with van der Waals surface area (Å²) in [5, 5.41) is 3.79. The first-order valence-corrected chi connectivity index (χ1v) is 7.12. The van der Waals surface area contributed by atoms with Gasteiger partial charge in [-0.25, -0.2) is 9.78 Å². The lowest BCUT2D eigenvalue weighted by Gasteiger charge is -2.19. The summed E-state index contributed by atoms with van der Waals surface area (Å²) in [6, 6.07) is 0. The highest BCUT2D eigenvalue weighted by Crippen LogP contribution is 2.30. The van der Waals surface area contributed by atoms with Gasteiger partial charge in [-0.15, -0.1) is 11.3 Å². The summed E-state index contributed by atoms with van der Waals surface area (Å²) in [5.41, 5.74) is -1.45. The second-order valence-corrected chi connectivity index (χ2v) is 6.08. The molecule has 0 bridgehead atoms. The van der Waals surface area contributed by atoms with Crippen LogP contribution in [0.5, 0.6) is 0 Å². The number of halogens is 3. The fourth-order valence-corrected chi connectivity index (χ4v) is 1.99. The molecule has 21 heavy (non-hydrogen) atoms. The molecule has 1 N–H and O–H groups in total. The van der Waals surface area contributed by atoms with Gasteiger partial charge in [-0.2, -0.15) is 13.2 Å². The van der Waals surface area contributed by atoms with Gasteiger partial charge in [0, 0.05) is 11.9 Å². The average Bonchev–Trinajstić information content (AvgIpc) is 2.74. The maximum absolute atomic E-state index is 12.3. The Morgan fingerprint density at radius 2 is 2.10 bits per heavy atom. The van der Waals surface area contributed by atoms with Crippen LogP contribution in [0.15, 0.2) is 11.5 Å². The summed E-state index contributed by atoms with van der Waals surface area (Å²) >= 11 is 0.919. The van der Waals surface area contributed by atoms with Crippen LogP contribution < -0.4 is 5.32 Å². The number of rotatable bonds is 4. The number of carbonyl (C=O) groups excluding carboxylic acids is 1. The van der Waals surface area contributed by atoms with Crippen molar-refractivity contribution in [1.29, 1.82) is 0 Å². The maximum atomic E-state index is 12.3. The average molecular weight is 322 g/mol. The van der Waals surface area contributed by atoms with Crippen LogP contribution in [0.2, 0.25) is 0 Å². The first kappa shape index (κ1) is 17.5. The van der Waals surface area contributed by atoms with Gasteiger partial charge in [0.2, 0.25) is 0 Å². The van der Waals surface area contributed by atoms with E-state index in [1.807, 2.05) is 0 Å². The molecule has 0 atom stereocenters. The van der Waals surface area contributed by atoms with Gasteiger partial charge in [0.05, 0.1) is 0 Å². The van der Waals surface area contributed by atoms with E-state index in [0.717, 1.165) is 16.7 Å². The Kier molecular flexibility index (Phi) is 5.77. The third-order valence-corrected chi connectivity index (χ3v) is 2.86. The van der Waals surface area contributed by atoms with Gasteiger partial charge < -0.3 is 10.1 Å². The van der Waals surface area contributed by atoms with Crippen molar-refractivity contribution >= 4 is 23.5 Å². The Bertz CT molecular complexity index is 504. The van der Waals surface area contributed by atoms with Crippen LogP contribution in [-0.2, 0) is 10.9 Å². The van der Waals surface area contributed by atoms with E-state index in [0.29, 0.717) is 13.0 Å². The number of thiazole rings is 1. The molecule has 1 aromatic rings. The zero-order valence-corrected chi connectivity index (χ0v) is 12.8. The molecule has 1 amide bonds. The molecule has 0 unspecified atom stereocenters. The van der Waals surface area contributed by atoms with Crippen LogP contribution in [0.25, 0.3) is 6.08 Å². The van der Waals surface area contributed by atoms with E-state index in [1.54, 1.807) is 26.8 Å². The Hall–Kier alpha value is -1.57. The van der Waals surface area contributed by atoms with E-state index in [4.69, 9.17) is 4.74 Å². The number of nitrogens with zero attached hydrogens (tertiary/aromatic N) is 1. The minimum atomic E-state index is -4.42. The van der Waals surface area contributed by atoms with Gasteiger partial charge in [-0.1, -0.05) is 6.08 Å². The summed E-state index contributed by atoms with van der Waals surface area (Å²) in [6.07, 6.45) is -1.32. The first-order chi connectivity index (χ1) is 9.58. The Morgan fingerprint density at radius 1 is 1.43 bits per heavy atom. The quantitative estimate of drug-likeness (QED) is 0.850. The summed E-state index contributed by atoms with van der Waals surface area (Å²) < 4.78 is 42.0. The number of carbonyl (C=O) groups is 1. The van der Waals surface area contributed by atoms with Gasteiger partial charge in [0.1, 0.15) is 10.6 Å². The molecular weight excluding hydrogens is 305 g/mol. The Labute approximate surface area is 125 Å². The largest absolute Gasteiger partial charge is 0.444 e. The number of nitrogens with one attached hydrogen (secondary N) is 1. The van der Waals surface area contributed by atoms with Crippen molar-refractivity contribution < 1.29 is 22.7 Å². The van der Waals surface area contributed by atoms with Crippen molar-refractivity contribution in [2.24, 2.45) is 0 Å². The van der Waals surface area contributed by atoms with Crippen LogP contribution in [0.3, 0.4) is 0 Å². The molecule has 1 rings (SSSR count). The smallest absolute Gasteiger partial charge is 0.434 e. The molecule has 0 aliphatic heterocycles. The molecule has 0 saturated carbocycles. The summed E-state index contributed by atoms with van der Waals surface area (Å²) in [7, 11) is 0. The summed E-state index contributed by atoms with van der Waals surface area (Å²) in [6.45, 7) is 5.61. The van der Waals surface area contributed by atoms with Crippen LogP contribution >= 0.6 is 11.3 Å². The lowest BCUT2D eigenvalue weighted by molar-refractivity contribution is -0.140. The topological polar surface area (TPSA) is 51.2 Å². The maximum Gasteiger partial charge on any atom is 0.434 e. The number of ether oxygens (including phenoxy) is 1. The van der Waals surface area contributed by atoms with Crippen molar-refractivity contribution in [2.45, 2.75) is 39.0 Å². The summed E-state index contributed by atoms with van der Waals surface area (Å²) in [5.74, 6) is 0. The number of hydrogen-bond donors (Lipinski definition) is 1. The van der Waals surface area contributed by atoms with Gasteiger partial charge in [-0.05, 0) is 33.3 Å². The van der Waals surface area contributed by atoms with E-state index >= 15 is 0 Å². The predicted molar refractivity (Wildman–Crippen MR) is 75.0 cm³/mol. The predicted octanol–water partition coefficient (Wildman–Crippen LogP) is 4.09. The zero-order valence-electron chi connectivity index (χ0n) is 12.0. The van der Waals surface area contributed by atoms with Gasteiger partial charge in [-0.3, -0.25) is 0 Å². The van der Waals surface area contributed by atoms with Crippen LogP contribution in [0, 0.1) is 0 Å². The van der Waals surface area contributed by atoms with Gasteiger partial charge in [0.25, 0.3) is 0 Å². The molecule has 0 spiro atoms. The second kappa shape index (κ2) is 6.93. The molecule has 1 aromatic heterocycles. The highest BCUT2D eigenvalue weighted by Gasteiger charge is 2.33. The van der Waals surface area contributed by atoms with Crippen molar-refractivity contribution in [1.82, 2.24) is 10.3 Å². The molecule has 118 valence electrons. The molecule has 0 saturated heterocycles. The number of aromatic nitrogens is 1. The molecule has 1 heterocycles. The highest BCUT2D eigenvalue weighted by molar-refractivity contribution is 7.10. The van der Waals surface area contributed by atoms with E-state index in [1.165, 1.54) is 6.08 Å². The molecule has 0 aliphatic carbocycles. The molecule has 0 radical (unpaired) electrons. The number of alkyl carbamates (subject to hydrolysis) is 1. The van der Waals surface area contributed by atoms with Gasteiger partial charge >= 0.3 is 12.3 Å². The number of alkyl halides is 3. The van der Waals surface area contributed by atoms with Crippen LogP contribution in [0.1, 0.15) is 37.9 Å². The van der Waals surface area contributed by atoms with E-state index in [2.05, 4.69) is 10.3 Å². The van der Waals surface area contributed by atoms with E-state index in [9.17, 15) is 18.0 Å². The zero-order chi connectivity index (χ0) is 16.1. The SMILES string of the molecule is CC(C)(C)OC(=O)NCCC=Cc1nc(C(F)(F)F)cs1. The minimum Gasteiger partial charge on any atom is -0.444 e. The van der Waals surface area contributed by atoms with Gasteiger partial charge in [0.15, 0.2) is 5.69 Å². The van der Waals surface area contributed by atoms with Crippen molar-refractivity contribution in [3.8, 4) is 0 Å². The van der Waals surface area contributed by atoms with E-state index in [-0.39, 0.29) is 5.01 Å². The van der Waals surface area contributed by atoms with Crippen molar-refractivity contribution in [3.05, 3.63) is 22.2 Å². The first-order valence-electron chi connectivity index (χ1n) is 6.24. The van der Waals surface area contributed by atoms with Crippen molar-refractivity contribution in [2.75, 3.05) is 6.54 Å². The van der Waals surface area contributed by atoms with Crippen LogP contribution in [0.4, 0.5) is 18.0 Å². The third kappa shape index (κ3) is 7.12. The van der Waals surface area contributed by atoms with E-state index < -0.39 is 23.6 Å². The monoisotopic (exact) mass is 322 g/mol. The van der Waals surface area contributed by atoms with Crippen molar-refractivity contribution in [3.63, 3.8) is 0 Å². The minimum absolute atomic E-state index is 0.277. The highest BCUT2D eigenvalue weighted by atomic mass is 32.1. The lowest BCUT2D eigenvalue weighted by Crippen LogP contribution is -2.32. The molecule has 0 fully saturated rings. The fraction of sp³-hybridized carbons (Fsp3) is 0.538. The molecule has 4 nitrogen and oxygen atoms in total. The summed E-state index contributed by atoms with van der Waals surface area (Å²) in [4.78, 5) is 14.8. The fourth-order valence-electron chi connectivity index (χ4n) is 1.25. The van der Waals surface area contributed by atoms with Crippen LogP contribution in [-0.4, -0.2) is 23.2 Å². The Balaban J connectivity index is 2.33. The third-order valence-electron chi connectivity index (χ3n) is 2.05. The molecule has 0 aromatic carbocycles. The molecular formula is C13H17F3N2O2S. The molecule has 0 aliphatic rings. The number of hydrogen-bond acceptors (Lipinski definition) is 4. The Morgan fingerprint density at radius 3 is 2.62 bits per heavy atom. The second-order valence-electron chi connectivity index (χ2n) is 5.19. The number of amides is 1. The lowest BCUT2D eigenvalue weighted by atomic mass is 10.2. The molecule has 8 heteroatoms.